The average Bonchev–Trinajstić information content (AvgIpc) is 2.07. The molecule has 0 saturated carbocycles. The van der Waals surface area contributed by atoms with Gasteiger partial charge in [0.2, 0.25) is 0 Å². The van der Waals surface area contributed by atoms with Crippen LogP contribution in [0.5, 0.6) is 0 Å². The van der Waals surface area contributed by atoms with Crippen molar-refractivity contribution < 1.29 is 5.11 Å². The number of aromatic nitrogens is 1. The summed E-state index contributed by atoms with van der Waals surface area (Å²) in [5.41, 5.74) is 0.931. The first-order valence-electron chi connectivity index (χ1n) is 4.87. The van der Waals surface area contributed by atoms with Crippen LogP contribution in [0.4, 0.5) is 0 Å². The summed E-state index contributed by atoms with van der Waals surface area (Å²) in [6, 6.07) is 3.83. The minimum atomic E-state index is -0.291. The third-order valence-electron chi connectivity index (χ3n) is 2.01. The maximum absolute atomic E-state index is 9.74. The Morgan fingerprint density at radius 2 is 2.21 bits per heavy atom. The Kier molecular flexibility index (Phi) is 4.55. The summed E-state index contributed by atoms with van der Waals surface area (Å²) >= 11 is 3.42. The van der Waals surface area contributed by atoms with E-state index in [9.17, 15) is 5.11 Å². The molecule has 1 aromatic rings. The fourth-order valence-corrected chi connectivity index (χ4v) is 1.84. The van der Waals surface area contributed by atoms with Gasteiger partial charge in [0.25, 0.3) is 0 Å². The number of hydrogen-bond acceptors (Lipinski definition) is 2. The molecular weight excluding hydrogens is 242 g/mol. The van der Waals surface area contributed by atoms with Crippen molar-refractivity contribution in [2.45, 2.75) is 32.8 Å². The highest BCUT2D eigenvalue weighted by Crippen LogP contribution is 2.17. The molecule has 0 aliphatic carbocycles. The van der Waals surface area contributed by atoms with Gasteiger partial charge in [-0.25, -0.2) is 0 Å². The highest BCUT2D eigenvalue weighted by atomic mass is 79.9. The molecule has 1 unspecified atom stereocenters. The van der Waals surface area contributed by atoms with Crippen LogP contribution in [0.15, 0.2) is 22.8 Å². The SMILES string of the molecule is CC(C)CC(O)Cc1ncccc1Br. The summed E-state index contributed by atoms with van der Waals surface area (Å²) in [6.45, 7) is 4.22. The van der Waals surface area contributed by atoms with Gasteiger partial charge in [0, 0.05) is 17.1 Å². The average molecular weight is 258 g/mol. The van der Waals surface area contributed by atoms with Crippen molar-refractivity contribution >= 4 is 15.9 Å². The normalized spacial score (nSPS) is 13.2. The summed E-state index contributed by atoms with van der Waals surface area (Å²) in [4.78, 5) is 4.22. The molecule has 0 bridgehead atoms. The molecule has 1 rings (SSSR count). The molecule has 1 N–H and O–H groups in total. The molecule has 78 valence electrons. The monoisotopic (exact) mass is 257 g/mol. The topological polar surface area (TPSA) is 33.1 Å². The Balaban J connectivity index is 2.56. The number of pyridine rings is 1. The zero-order valence-electron chi connectivity index (χ0n) is 8.57. The van der Waals surface area contributed by atoms with Gasteiger partial charge in [-0.2, -0.15) is 0 Å². The van der Waals surface area contributed by atoms with Gasteiger partial charge in [0.05, 0.1) is 11.8 Å². The third-order valence-corrected chi connectivity index (χ3v) is 2.73. The van der Waals surface area contributed by atoms with Gasteiger partial charge in [-0.05, 0) is 40.4 Å². The van der Waals surface area contributed by atoms with E-state index in [2.05, 4.69) is 34.8 Å². The van der Waals surface area contributed by atoms with Crippen LogP contribution in [-0.2, 0) is 6.42 Å². The lowest BCUT2D eigenvalue weighted by molar-refractivity contribution is 0.148. The fraction of sp³-hybridized carbons (Fsp3) is 0.545. The van der Waals surface area contributed by atoms with Crippen LogP contribution in [0.25, 0.3) is 0 Å². The van der Waals surface area contributed by atoms with Crippen molar-refractivity contribution in [3.05, 3.63) is 28.5 Å². The van der Waals surface area contributed by atoms with Crippen molar-refractivity contribution in [1.29, 1.82) is 0 Å². The first-order chi connectivity index (χ1) is 6.59. The molecule has 1 heterocycles. The molecule has 0 radical (unpaired) electrons. The second-order valence-electron chi connectivity index (χ2n) is 3.92. The number of halogens is 1. The van der Waals surface area contributed by atoms with Crippen molar-refractivity contribution in [3.63, 3.8) is 0 Å². The van der Waals surface area contributed by atoms with Crippen molar-refractivity contribution in [1.82, 2.24) is 4.98 Å². The van der Waals surface area contributed by atoms with E-state index in [0.29, 0.717) is 12.3 Å². The van der Waals surface area contributed by atoms with Gasteiger partial charge in [-0.15, -0.1) is 0 Å². The van der Waals surface area contributed by atoms with E-state index in [0.717, 1.165) is 16.6 Å². The lowest BCUT2D eigenvalue weighted by atomic mass is 10.0. The molecule has 0 aliphatic heterocycles. The molecule has 0 amide bonds. The van der Waals surface area contributed by atoms with Crippen LogP contribution in [-0.4, -0.2) is 16.2 Å². The zero-order chi connectivity index (χ0) is 10.6. The summed E-state index contributed by atoms with van der Waals surface area (Å²) in [6.07, 6.45) is 2.91. The lowest BCUT2D eigenvalue weighted by Crippen LogP contribution is -2.14. The standard InChI is InChI=1S/C11H16BrNO/c1-8(2)6-9(14)7-11-10(12)4-3-5-13-11/h3-5,8-9,14H,6-7H2,1-2H3. The summed E-state index contributed by atoms with van der Waals surface area (Å²) in [5.74, 6) is 0.521. The van der Waals surface area contributed by atoms with Gasteiger partial charge in [0.1, 0.15) is 0 Å². The van der Waals surface area contributed by atoms with Crippen LogP contribution in [0, 0.1) is 5.92 Å². The van der Waals surface area contributed by atoms with Crippen molar-refractivity contribution in [3.8, 4) is 0 Å². The van der Waals surface area contributed by atoms with Gasteiger partial charge >= 0.3 is 0 Å². The maximum atomic E-state index is 9.74. The van der Waals surface area contributed by atoms with Crippen LogP contribution < -0.4 is 0 Å². The molecule has 0 fully saturated rings. The van der Waals surface area contributed by atoms with Crippen molar-refractivity contribution in [2.75, 3.05) is 0 Å². The smallest absolute Gasteiger partial charge is 0.0598 e. The molecule has 0 aliphatic rings. The van der Waals surface area contributed by atoms with Crippen LogP contribution in [0.1, 0.15) is 26.0 Å². The molecule has 0 aromatic carbocycles. The Morgan fingerprint density at radius 3 is 2.79 bits per heavy atom. The Hall–Kier alpha value is -0.410. The van der Waals surface area contributed by atoms with Gasteiger partial charge in [-0.3, -0.25) is 4.98 Å². The minimum Gasteiger partial charge on any atom is -0.393 e. The predicted molar refractivity (Wildman–Crippen MR) is 61.1 cm³/mol. The van der Waals surface area contributed by atoms with E-state index in [1.54, 1.807) is 6.20 Å². The van der Waals surface area contributed by atoms with E-state index in [1.165, 1.54) is 0 Å². The number of rotatable bonds is 4. The largest absolute Gasteiger partial charge is 0.393 e. The first kappa shape index (κ1) is 11.7. The van der Waals surface area contributed by atoms with Crippen LogP contribution in [0.2, 0.25) is 0 Å². The van der Waals surface area contributed by atoms with E-state index < -0.39 is 0 Å². The summed E-state index contributed by atoms with van der Waals surface area (Å²) in [5, 5.41) is 9.74. The summed E-state index contributed by atoms with van der Waals surface area (Å²) < 4.78 is 0.975. The van der Waals surface area contributed by atoms with Gasteiger partial charge < -0.3 is 5.11 Å². The number of aliphatic hydroxyl groups is 1. The Morgan fingerprint density at radius 1 is 1.50 bits per heavy atom. The lowest BCUT2D eigenvalue weighted by Gasteiger charge is -2.12. The van der Waals surface area contributed by atoms with E-state index in [-0.39, 0.29) is 6.10 Å². The molecule has 1 aromatic heterocycles. The van der Waals surface area contributed by atoms with Gasteiger partial charge in [-0.1, -0.05) is 13.8 Å². The molecule has 1 atom stereocenters. The molecule has 0 saturated heterocycles. The molecule has 3 heteroatoms. The first-order valence-corrected chi connectivity index (χ1v) is 5.66. The molecule has 0 spiro atoms. The highest BCUT2D eigenvalue weighted by Gasteiger charge is 2.10. The van der Waals surface area contributed by atoms with E-state index >= 15 is 0 Å². The second-order valence-corrected chi connectivity index (χ2v) is 4.77. The van der Waals surface area contributed by atoms with Gasteiger partial charge in [0.15, 0.2) is 0 Å². The summed E-state index contributed by atoms with van der Waals surface area (Å²) in [7, 11) is 0. The molecule has 14 heavy (non-hydrogen) atoms. The number of hydrogen-bond donors (Lipinski definition) is 1. The molecule has 2 nitrogen and oxygen atoms in total. The van der Waals surface area contributed by atoms with Crippen LogP contribution in [0.3, 0.4) is 0 Å². The number of nitrogens with zero attached hydrogens (tertiary/aromatic N) is 1. The maximum Gasteiger partial charge on any atom is 0.0598 e. The quantitative estimate of drug-likeness (QED) is 0.900. The highest BCUT2D eigenvalue weighted by molar-refractivity contribution is 9.10. The Bertz CT molecular complexity index is 288. The van der Waals surface area contributed by atoms with E-state index in [1.807, 2.05) is 12.1 Å². The fourth-order valence-electron chi connectivity index (χ4n) is 1.42. The van der Waals surface area contributed by atoms with Crippen LogP contribution >= 0.6 is 15.9 Å². The third kappa shape index (κ3) is 3.76. The van der Waals surface area contributed by atoms with Crippen molar-refractivity contribution in [2.24, 2.45) is 5.92 Å². The molecular formula is C11H16BrNO. The Labute approximate surface area is 93.5 Å². The van der Waals surface area contributed by atoms with E-state index in [4.69, 9.17) is 0 Å². The predicted octanol–water partition coefficient (Wildman–Crippen LogP) is 2.79. The zero-order valence-corrected chi connectivity index (χ0v) is 10.2. The minimum absolute atomic E-state index is 0.291. The second kappa shape index (κ2) is 5.47. The number of aliphatic hydroxyl groups excluding tert-OH is 1.